The third-order valence-corrected chi connectivity index (χ3v) is 6.91. The minimum absolute atomic E-state index is 0.0696. The van der Waals surface area contributed by atoms with Crippen LogP contribution in [0.25, 0.3) is 11.0 Å². The lowest BCUT2D eigenvalue weighted by Gasteiger charge is -2.26. The van der Waals surface area contributed by atoms with Gasteiger partial charge in [0, 0.05) is 11.6 Å². The van der Waals surface area contributed by atoms with Gasteiger partial charge >= 0.3 is 0 Å². The van der Waals surface area contributed by atoms with Crippen LogP contribution >= 0.6 is 11.6 Å². The van der Waals surface area contributed by atoms with Gasteiger partial charge in [-0.25, -0.2) is 0 Å². The van der Waals surface area contributed by atoms with Gasteiger partial charge in [-0.1, -0.05) is 61.3 Å². The second kappa shape index (κ2) is 10.7. The number of carbonyl (C=O) groups is 1. The first-order chi connectivity index (χ1) is 18.0. The molecule has 0 N–H and O–H groups in total. The Hall–Kier alpha value is -3.77. The van der Waals surface area contributed by atoms with E-state index in [1.54, 1.807) is 30.2 Å². The van der Waals surface area contributed by atoms with Crippen LogP contribution in [-0.2, 0) is 6.42 Å². The van der Waals surface area contributed by atoms with Crippen LogP contribution in [0.5, 0.6) is 11.5 Å². The fourth-order valence-electron chi connectivity index (χ4n) is 4.76. The summed E-state index contributed by atoms with van der Waals surface area (Å²) in [6.07, 6.45) is 2.58. The Morgan fingerprint density at radius 2 is 1.81 bits per heavy atom. The summed E-state index contributed by atoms with van der Waals surface area (Å²) in [5.74, 6) is 0.926. The van der Waals surface area contributed by atoms with E-state index in [4.69, 9.17) is 25.5 Å². The molecule has 3 aromatic carbocycles. The summed E-state index contributed by atoms with van der Waals surface area (Å²) < 4.78 is 17.6. The quantitative estimate of drug-likeness (QED) is 0.239. The van der Waals surface area contributed by atoms with E-state index < -0.39 is 6.04 Å². The van der Waals surface area contributed by atoms with Crippen molar-refractivity contribution in [3.05, 3.63) is 104 Å². The number of amides is 1. The molecule has 0 radical (unpaired) electrons. The van der Waals surface area contributed by atoms with Gasteiger partial charge in [-0.3, -0.25) is 9.59 Å². The number of nitrogens with zero attached hydrogens (tertiary/aromatic N) is 1. The largest absolute Gasteiger partial charge is 0.493 e. The molecule has 37 heavy (non-hydrogen) atoms. The molecule has 1 atom stereocenters. The fraction of sp³-hybridized carbons (Fsp3) is 0.267. The number of fused-ring (bicyclic) bond motifs is 2. The molecule has 0 saturated heterocycles. The molecule has 1 amide bonds. The number of hydrogen-bond donors (Lipinski definition) is 0. The topological polar surface area (TPSA) is 69.0 Å². The Labute approximate surface area is 220 Å². The number of unbranched alkanes of at least 4 members (excludes halogenated alkanes) is 1. The molecule has 7 heteroatoms. The Balaban J connectivity index is 1.61. The number of carbonyl (C=O) groups excluding carboxylic acids is 1. The zero-order chi connectivity index (χ0) is 25.9. The summed E-state index contributed by atoms with van der Waals surface area (Å²) in [5.41, 5.74) is 2.23. The van der Waals surface area contributed by atoms with Crippen molar-refractivity contribution in [2.75, 3.05) is 20.3 Å². The molecule has 0 spiro atoms. The first kappa shape index (κ1) is 24.9. The molecule has 1 aliphatic rings. The predicted molar refractivity (Wildman–Crippen MR) is 144 cm³/mol. The van der Waals surface area contributed by atoms with Crippen LogP contribution < -0.4 is 14.9 Å². The first-order valence-electron chi connectivity index (χ1n) is 12.4. The molecule has 2 heterocycles. The van der Waals surface area contributed by atoms with Crippen molar-refractivity contribution in [2.45, 2.75) is 32.2 Å². The predicted octanol–water partition coefficient (Wildman–Crippen LogP) is 6.42. The summed E-state index contributed by atoms with van der Waals surface area (Å²) >= 11 is 6.19. The minimum Gasteiger partial charge on any atom is -0.493 e. The van der Waals surface area contributed by atoms with Crippen LogP contribution in [0, 0.1) is 0 Å². The standard InChI is InChI=1S/C30H28ClNO5/c1-3-4-16-36-24-12-10-20(17-25(24)35-2)27-26-28(33)22-18-21(31)11-13-23(22)37-29(26)30(34)32(27)15-14-19-8-6-5-7-9-19/h5-13,17-18,27H,3-4,14-16H2,1-2H3. The summed E-state index contributed by atoms with van der Waals surface area (Å²) in [4.78, 5) is 29.1. The molecule has 0 aliphatic carbocycles. The highest BCUT2D eigenvalue weighted by Gasteiger charge is 2.42. The van der Waals surface area contributed by atoms with Crippen LogP contribution in [0.3, 0.4) is 0 Å². The maximum absolute atomic E-state index is 13.8. The summed E-state index contributed by atoms with van der Waals surface area (Å²) in [6, 6.07) is 19.7. The SMILES string of the molecule is CCCCOc1ccc(C2c3c(oc4ccc(Cl)cc4c3=O)C(=O)N2CCc2ccccc2)cc1OC. The summed E-state index contributed by atoms with van der Waals surface area (Å²) in [5, 5.41) is 0.775. The van der Waals surface area contributed by atoms with E-state index in [9.17, 15) is 9.59 Å². The molecule has 1 aromatic heterocycles. The van der Waals surface area contributed by atoms with E-state index in [0.29, 0.717) is 52.6 Å². The Morgan fingerprint density at radius 3 is 2.57 bits per heavy atom. The molecular formula is C30H28ClNO5. The normalized spacial score (nSPS) is 14.7. The molecule has 0 saturated carbocycles. The third kappa shape index (κ3) is 4.81. The molecule has 190 valence electrons. The summed E-state index contributed by atoms with van der Waals surface area (Å²) in [7, 11) is 1.58. The van der Waals surface area contributed by atoms with Gasteiger partial charge < -0.3 is 18.8 Å². The van der Waals surface area contributed by atoms with E-state index >= 15 is 0 Å². The highest BCUT2D eigenvalue weighted by molar-refractivity contribution is 6.31. The zero-order valence-corrected chi connectivity index (χ0v) is 21.6. The Kier molecular flexibility index (Phi) is 7.19. The van der Waals surface area contributed by atoms with Crippen molar-refractivity contribution in [3.63, 3.8) is 0 Å². The van der Waals surface area contributed by atoms with Crippen molar-refractivity contribution in [2.24, 2.45) is 0 Å². The number of benzene rings is 3. The number of halogens is 1. The highest BCUT2D eigenvalue weighted by Crippen LogP contribution is 2.41. The van der Waals surface area contributed by atoms with Crippen molar-refractivity contribution in [3.8, 4) is 11.5 Å². The van der Waals surface area contributed by atoms with Gasteiger partial charge in [0.2, 0.25) is 5.76 Å². The average Bonchev–Trinajstić information content (AvgIpc) is 3.20. The lowest BCUT2D eigenvalue weighted by atomic mass is 9.97. The van der Waals surface area contributed by atoms with Gasteiger partial charge in [-0.15, -0.1) is 0 Å². The third-order valence-electron chi connectivity index (χ3n) is 6.67. The van der Waals surface area contributed by atoms with Crippen molar-refractivity contribution < 1.29 is 18.7 Å². The lowest BCUT2D eigenvalue weighted by Crippen LogP contribution is -2.31. The molecule has 0 bridgehead atoms. The monoisotopic (exact) mass is 517 g/mol. The van der Waals surface area contributed by atoms with Gasteiger partial charge in [-0.2, -0.15) is 0 Å². The first-order valence-corrected chi connectivity index (χ1v) is 12.8. The molecule has 5 rings (SSSR count). The van der Waals surface area contributed by atoms with E-state index in [2.05, 4.69) is 6.92 Å². The smallest absolute Gasteiger partial charge is 0.290 e. The molecule has 4 aromatic rings. The van der Waals surface area contributed by atoms with Crippen molar-refractivity contribution in [1.82, 2.24) is 4.90 Å². The number of hydrogen-bond acceptors (Lipinski definition) is 5. The van der Waals surface area contributed by atoms with Crippen LogP contribution in [0.2, 0.25) is 5.02 Å². The number of rotatable bonds is 9. The molecular weight excluding hydrogens is 490 g/mol. The van der Waals surface area contributed by atoms with Crippen LogP contribution in [0.15, 0.2) is 75.9 Å². The molecule has 6 nitrogen and oxygen atoms in total. The van der Waals surface area contributed by atoms with Crippen LogP contribution in [-0.4, -0.2) is 31.1 Å². The number of methoxy groups -OCH3 is 1. The minimum atomic E-state index is -0.635. The maximum Gasteiger partial charge on any atom is 0.290 e. The van der Waals surface area contributed by atoms with E-state index in [1.807, 2.05) is 48.5 Å². The van der Waals surface area contributed by atoms with Gasteiger partial charge in [0.25, 0.3) is 5.91 Å². The van der Waals surface area contributed by atoms with Crippen LogP contribution in [0.1, 0.15) is 53.1 Å². The lowest BCUT2D eigenvalue weighted by molar-refractivity contribution is 0.0730. The van der Waals surface area contributed by atoms with E-state index in [-0.39, 0.29) is 17.1 Å². The molecule has 1 aliphatic heterocycles. The Morgan fingerprint density at radius 1 is 1.00 bits per heavy atom. The van der Waals surface area contributed by atoms with Gasteiger partial charge in [0.15, 0.2) is 16.9 Å². The highest BCUT2D eigenvalue weighted by atomic mass is 35.5. The second-order valence-corrected chi connectivity index (χ2v) is 9.50. The maximum atomic E-state index is 13.8. The Bertz CT molecular complexity index is 1500. The van der Waals surface area contributed by atoms with Gasteiger partial charge in [-0.05, 0) is 54.3 Å². The molecule has 0 fully saturated rings. The zero-order valence-electron chi connectivity index (χ0n) is 20.8. The van der Waals surface area contributed by atoms with Crippen LogP contribution in [0.4, 0.5) is 0 Å². The summed E-state index contributed by atoms with van der Waals surface area (Å²) in [6.45, 7) is 3.09. The van der Waals surface area contributed by atoms with Crippen molar-refractivity contribution >= 4 is 28.5 Å². The fourth-order valence-corrected chi connectivity index (χ4v) is 4.94. The van der Waals surface area contributed by atoms with Gasteiger partial charge in [0.05, 0.1) is 30.7 Å². The van der Waals surface area contributed by atoms with E-state index in [1.165, 1.54) is 0 Å². The number of ether oxygens (including phenoxy) is 2. The molecule has 1 unspecified atom stereocenters. The second-order valence-electron chi connectivity index (χ2n) is 9.06. The van der Waals surface area contributed by atoms with Crippen molar-refractivity contribution in [1.29, 1.82) is 0 Å². The van der Waals surface area contributed by atoms with E-state index in [0.717, 1.165) is 24.0 Å². The van der Waals surface area contributed by atoms with Gasteiger partial charge in [0.1, 0.15) is 5.58 Å². The average molecular weight is 518 g/mol.